The number of thiazole rings is 1. The lowest BCUT2D eigenvalue weighted by molar-refractivity contribution is 0.629. The van der Waals surface area contributed by atoms with Crippen molar-refractivity contribution in [1.82, 2.24) is 4.98 Å². The molecule has 2 aromatic heterocycles. The molecule has 0 radical (unpaired) electrons. The van der Waals surface area contributed by atoms with Gasteiger partial charge in [-0.3, -0.25) is 0 Å². The molecule has 3 rings (SSSR count). The van der Waals surface area contributed by atoms with E-state index in [1.807, 2.05) is 11.4 Å². The topological polar surface area (TPSA) is 24.9 Å². The molecular formula is C12H9FN2S2. The lowest BCUT2D eigenvalue weighted by Crippen LogP contribution is -1.95. The SMILES string of the molecule is Fc1ccc2sc(NCc3cccs3)nc2c1. The standard InChI is InChI=1S/C12H9FN2S2/c13-8-3-4-11-10(6-8)15-12(17-11)14-7-9-2-1-5-16-9/h1-6H,7H2,(H,14,15). The van der Waals surface area contributed by atoms with Crippen molar-refractivity contribution in [2.45, 2.75) is 6.54 Å². The summed E-state index contributed by atoms with van der Waals surface area (Å²) in [6, 6.07) is 8.78. The van der Waals surface area contributed by atoms with E-state index in [0.29, 0.717) is 5.52 Å². The predicted molar refractivity (Wildman–Crippen MR) is 71.2 cm³/mol. The second-order valence-electron chi connectivity index (χ2n) is 3.56. The molecule has 0 bridgehead atoms. The summed E-state index contributed by atoms with van der Waals surface area (Å²) < 4.78 is 14.0. The van der Waals surface area contributed by atoms with E-state index in [0.717, 1.165) is 16.4 Å². The van der Waals surface area contributed by atoms with Crippen molar-refractivity contribution < 1.29 is 4.39 Å². The summed E-state index contributed by atoms with van der Waals surface area (Å²) in [5.41, 5.74) is 0.712. The highest BCUT2D eigenvalue weighted by Gasteiger charge is 2.04. The van der Waals surface area contributed by atoms with Gasteiger partial charge in [0.1, 0.15) is 5.82 Å². The fraction of sp³-hybridized carbons (Fsp3) is 0.0833. The zero-order valence-electron chi connectivity index (χ0n) is 8.81. The first-order valence-electron chi connectivity index (χ1n) is 5.13. The molecule has 0 aliphatic carbocycles. The third kappa shape index (κ3) is 2.30. The van der Waals surface area contributed by atoms with Crippen molar-refractivity contribution in [3.63, 3.8) is 0 Å². The third-order valence-corrected chi connectivity index (χ3v) is 4.21. The Balaban J connectivity index is 1.81. The van der Waals surface area contributed by atoms with Crippen LogP contribution >= 0.6 is 22.7 Å². The molecule has 0 spiro atoms. The molecule has 0 unspecified atom stereocenters. The van der Waals surface area contributed by atoms with E-state index in [4.69, 9.17) is 0 Å². The molecule has 0 atom stereocenters. The largest absolute Gasteiger partial charge is 0.357 e. The Labute approximate surface area is 106 Å². The van der Waals surface area contributed by atoms with Gasteiger partial charge in [-0.15, -0.1) is 11.3 Å². The van der Waals surface area contributed by atoms with Crippen LogP contribution in [-0.2, 0) is 6.54 Å². The third-order valence-electron chi connectivity index (χ3n) is 2.34. The van der Waals surface area contributed by atoms with E-state index >= 15 is 0 Å². The molecule has 0 saturated carbocycles. The number of hydrogen-bond donors (Lipinski definition) is 1. The van der Waals surface area contributed by atoms with Gasteiger partial charge in [0, 0.05) is 10.9 Å². The van der Waals surface area contributed by atoms with Crippen molar-refractivity contribution in [3.05, 3.63) is 46.4 Å². The number of nitrogens with zero attached hydrogens (tertiary/aromatic N) is 1. The van der Waals surface area contributed by atoms with Crippen LogP contribution in [0.25, 0.3) is 10.2 Å². The number of aromatic nitrogens is 1. The van der Waals surface area contributed by atoms with Crippen molar-refractivity contribution in [2.75, 3.05) is 5.32 Å². The number of hydrogen-bond acceptors (Lipinski definition) is 4. The number of benzene rings is 1. The summed E-state index contributed by atoms with van der Waals surface area (Å²) in [4.78, 5) is 5.60. The number of anilines is 1. The Hall–Kier alpha value is -1.46. The minimum atomic E-state index is -0.243. The predicted octanol–water partition coefficient (Wildman–Crippen LogP) is 4.11. The molecule has 5 heteroatoms. The van der Waals surface area contributed by atoms with Crippen LogP contribution in [0.15, 0.2) is 35.7 Å². The van der Waals surface area contributed by atoms with E-state index < -0.39 is 0 Å². The van der Waals surface area contributed by atoms with E-state index in [9.17, 15) is 4.39 Å². The molecule has 2 heterocycles. The van der Waals surface area contributed by atoms with Crippen molar-refractivity contribution in [1.29, 1.82) is 0 Å². The summed E-state index contributed by atoms with van der Waals surface area (Å²) in [6.45, 7) is 0.764. The molecule has 0 saturated heterocycles. The van der Waals surface area contributed by atoms with Gasteiger partial charge in [-0.2, -0.15) is 0 Å². The highest BCUT2D eigenvalue weighted by Crippen LogP contribution is 2.26. The summed E-state index contributed by atoms with van der Waals surface area (Å²) in [7, 11) is 0. The number of nitrogens with one attached hydrogen (secondary N) is 1. The minimum Gasteiger partial charge on any atom is -0.357 e. The molecule has 0 aliphatic heterocycles. The molecule has 86 valence electrons. The monoisotopic (exact) mass is 264 g/mol. The van der Waals surface area contributed by atoms with Crippen LogP contribution in [0, 0.1) is 5.82 Å². The number of fused-ring (bicyclic) bond motifs is 1. The number of rotatable bonds is 3. The Morgan fingerprint density at radius 2 is 2.24 bits per heavy atom. The number of thiophene rings is 1. The van der Waals surface area contributed by atoms with Crippen molar-refractivity contribution >= 4 is 38.0 Å². The minimum absolute atomic E-state index is 0.243. The Morgan fingerprint density at radius 3 is 3.06 bits per heavy atom. The van der Waals surface area contributed by atoms with Gasteiger partial charge >= 0.3 is 0 Å². The van der Waals surface area contributed by atoms with E-state index in [-0.39, 0.29) is 5.82 Å². The van der Waals surface area contributed by atoms with Crippen LogP contribution in [0.4, 0.5) is 9.52 Å². The molecule has 0 amide bonds. The normalized spacial score (nSPS) is 10.9. The van der Waals surface area contributed by atoms with E-state index in [1.54, 1.807) is 28.7 Å². The smallest absolute Gasteiger partial charge is 0.184 e. The first kappa shape index (κ1) is 10.7. The van der Waals surface area contributed by atoms with Crippen LogP contribution in [0.5, 0.6) is 0 Å². The Kier molecular flexibility index (Phi) is 2.78. The zero-order chi connectivity index (χ0) is 11.7. The van der Waals surface area contributed by atoms with Crippen molar-refractivity contribution in [3.8, 4) is 0 Å². The zero-order valence-corrected chi connectivity index (χ0v) is 10.4. The van der Waals surface area contributed by atoms with Crippen LogP contribution in [-0.4, -0.2) is 4.98 Å². The average Bonchev–Trinajstić information content (AvgIpc) is 2.94. The van der Waals surface area contributed by atoms with Gasteiger partial charge in [0.25, 0.3) is 0 Å². The fourth-order valence-electron chi connectivity index (χ4n) is 1.55. The lowest BCUT2D eigenvalue weighted by atomic mass is 10.3. The second kappa shape index (κ2) is 4.43. The van der Waals surface area contributed by atoms with Crippen LogP contribution in [0.3, 0.4) is 0 Å². The summed E-state index contributed by atoms with van der Waals surface area (Å²) in [5.74, 6) is -0.243. The first-order chi connectivity index (χ1) is 8.31. The molecule has 0 aliphatic rings. The van der Waals surface area contributed by atoms with Gasteiger partial charge in [-0.05, 0) is 23.6 Å². The van der Waals surface area contributed by atoms with Gasteiger partial charge in [-0.25, -0.2) is 9.37 Å². The Bertz CT molecular complexity index is 631. The van der Waals surface area contributed by atoms with Gasteiger partial charge in [0.15, 0.2) is 5.13 Å². The summed E-state index contributed by atoms with van der Waals surface area (Å²) in [6.07, 6.45) is 0. The first-order valence-corrected chi connectivity index (χ1v) is 6.83. The van der Waals surface area contributed by atoms with Crippen LogP contribution in [0.1, 0.15) is 4.88 Å². The molecular weight excluding hydrogens is 255 g/mol. The maximum absolute atomic E-state index is 13.0. The van der Waals surface area contributed by atoms with Gasteiger partial charge < -0.3 is 5.32 Å². The maximum atomic E-state index is 13.0. The quantitative estimate of drug-likeness (QED) is 0.770. The highest BCUT2D eigenvalue weighted by molar-refractivity contribution is 7.22. The van der Waals surface area contributed by atoms with Crippen molar-refractivity contribution in [2.24, 2.45) is 0 Å². The van der Waals surface area contributed by atoms with E-state index in [1.165, 1.54) is 17.0 Å². The summed E-state index contributed by atoms with van der Waals surface area (Å²) >= 11 is 3.25. The lowest BCUT2D eigenvalue weighted by Gasteiger charge is -1.97. The summed E-state index contributed by atoms with van der Waals surface area (Å²) in [5, 5.41) is 6.13. The highest BCUT2D eigenvalue weighted by atomic mass is 32.1. The average molecular weight is 264 g/mol. The molecule has 2 nitrogen and oxygen atoms in total. The molecule has 1 aromatic carbocycles. The van der Waals surface area contributed by atoms with Crippen LogP contribution < -0.4 is 5.32 Å². The number of halogens is 1. The second-order valence-corrected chi connectivity index (χ2v) is 5.63. The molecule has 3 aromatic rings. The maximum Gasteiger partial charge on any atom is 0.184 e. The van der Waals surface area contributed by atoms with E-state index in [2.05, 4.69) is 16.4 Å². The van der Waals surface area contributed by atoms with Gasteiger partial charge in [0.2, 0.25) is 0 Å². The van der Waals surface area contributed by atoms with Gasteiger partial charge in [0.05, 0.1) is 16.8 Å². The van der Waals surface area contributed by atoms with Crippen LogP contribution in [0.2, 0.25) is 0 Å². The molecule has 1 N–H and O–H groups in total. The fourth-order valence-corrected chi connectivity index (χ4v) is 3.04. The molecule has 17 heavy (non-hydrogen) atoms. The Morgan fingerprint density at radius 1 is 1.29 bits per heavy atom. The molecule has 0 fully saturated rings. The van der Waals surface area contributed by atoms with Gasteiger partial charge in [-0.1, -0.05) is 17.4 Å².